The van der Waals surface area contributed by atoms with Gasteiger partial charge in [0, 0.05) is 31.7 Å². The van der Waals surface area contributed by atoms with E-state index in [1.165, 1.54) is 45.3 Å². The number of ether oxygens (including phenoxy) is 1. The molecule has 3 fully saturated rings. The number of carbonyl (C=O) groups excluding carboxylic acids is 1. The summed E-state index contributed by atoms with van der Waals surface area (Å²) in [5.41, 5.74) is -0.416. The van der Waals surface area contributed by atoms with Crippen LogP contribution in [0.4, 0.5) is 4.79 Å². The van der Waals surface area contributed by atoms with Crippen LogP contribution in [0.5, 0.6) is 0 Å². The first kappa shape index (κ1) is 19.9. The maximum Gasteiger partial charge on any atom is 0.410 e. The predicted octanol–water partition coefficient (Wildman–Crippen LogP) is 3.49. The lowest BCUT2D eigenvalue weighted by Gasteiger charge is -2.35. The van der Waals surface area contributed by atoms with Crippen LogP contribution in [0.15, 0.2) is 0 Å². The molecule has 3 aliphatic rings. The van der Waals surface area contributed by atoms with Crippen molar-refractivity contribution in [3.8, 4) is 0 Å². The van der Waals surface area contributed by atoms with Gasteiger partial charge in [0.1, 0.15) is 5.60 Å². The van der Waals surface area contributed by atoms with Gasteiger partial charge in [0.2, 0.25) is 0 Å². The molecule has 2 aliphatic heterocycles. The van der Waals surface area contributed by atoms with Crippen molar-refractivity contribution in [2.45, 2.75) is 83.9 Å². The second-order valence-corrected chi connectivity index (χ2v) is 9.81. The lowest BCUT2D eigenvalue weighted by Crippen LogP contribution is -2.48. The van der Waals surface area contributed by atoms with E-state index in [-0.39, 0.29) is 6.09 Å². The molecule has 26 heavy (non-hydrogen) atoms. The Kier molecular flexibility index (Phi) is 6.50. The molecule has 0 bridgehead atoms. The van der Waals surface area contributed by atoms with E-state index in [4.69, 9.17) is 4.74 Å². The van der Waals surface area contributed by atoms with E-state index in [9.17, 15) is 4.79 Å². The summed E-state index contributed by atoms with van der Waals surface area (Å²) in [7, 11) is 0. The highest BCUT2D eigenvalue weighted by Crippen LogP contribution is 2.30. The number of carbonyl (C=O) groups is 1. The Morgan fingerprint density at radius 2 is 1.65 bits per heavy atom. The summed E-state index contributed by atoms with van der Waals surface area (Å²) in [6, 6.07) is 1.16. The third-order valence-corrected chi connectivity index (χ3v) is 6.15. The van der Waals surface area contributed by atoms with Gasteiger partial charge in [0.05, 0.1) is 0 Å². The number of likely N-dealkylation sites (tertiary alicyclic amines) is 2. The molecule has 0 spiro atoms. The molecule has 5 nitrogen and oxygen atoms in total. The highest BCUT2D eigenvalue weighted by Gasteiger charge is 2.31. The molecule has 5 heteroatoms. The maximum atomic E-state index is 12.4. The van der Waals surface area contributed by atoms with Gasteiger partial charge in [-0.25, -0.2) is 4.79 Å². The number of nitrogens with one attached hydrogen (secondary N) is 1. The molecule has 1 aliphatic carbocycles. The number of nitrogens with zero attached hydrogens (tertiary/aromatic N) is 2. The quantitative estimate of drug-likeness (QED) is 0.828. The average Bonchev–Trinajstić information content (AvgIpc) is 3.38. The molecule has 1 saturated carbocycles. The number of hydrogen-bond acceptors (Lipinski definition) is 4. The molecule has 0 radical (unpaired) electrons. The minimum absolute atomic E-state index is 0.154. The Morgan fingerprint density at radius 1 is 1.00 bits per heavy atom. The van der Waals surface area contributed by atoms with E-state index in [0.29, 0.717) is 18.0 Å². The zero-order chi connectivity index (χ0) is 18.7. The van der Waals surface area contributed by atoms with E-state index < -0.39 is 5.60 Å². The van der Waals surface area contributed by atoms with Gasteiger partial charge in [-0.05, 0) is 84.2 Å². The first-order chi connectivity index (χ1) is 12.3. The molecule has 2 heterocycles. The standard InChI is InChI=1S/C21H39N3O2/c1-16-7-13-24(20(25)26-21(2,3)4)14-10-19(16)22-18-8-11-23(12-9-18)15-17-5-6-17/h16-19,22H,5-15H2,1-4H3/t16-,19-/m1/s1. The first-order valence-electron chi connectivity index (χ1n) is 10.8. The van der Waals surface area contributed by atoms with Gasteiger partial charge in [-0.3, -0.25) is 0 Å². The van der Waals surface area contributed by atoms with Gasteiger partial charge < -0.3 is 19.9 Å². The Labute approximate surface area is 159 Å². The lowest BCUT2D eigenvalue weighted by atomic mass is 9.94. The molecule has 2 saturated heterocycles. The normalized spacial score (nSPS) is 29.5. The van der Waals surface area contributed by atoms with Gasteiger partial charge in [0.25, 0.3) is 0 Å². The molecule has 0 aromatic heterocycles. The van der Waals surface area contributed by atoms with Gasteiger partial charge in [-0.15, -0.1) is 0 Å². The second-order valence-electron chi connectivity index (χ2n) is 9.81. The first-order valence-corrected chi connectivity index (χ1v) is 10.8. The van der Waals surface area contributed by atoms with Gasteiger partial charge >= 0.3 is 6.09 Å². The molecule has 0 aromatic rings. The zero-order valence-corrected chi connectivity index (χ0v) is 17.3. The van der Waals surface area contributed by atoms with E-state index in [1.54, 1.807) is 0 Å². The molecule has 2 atom stereocenters. The van der Waals surface area contributed by atoms with Crippen molar-refractivity contribution in [1.82, 2.24) is 15.1 Å². The van der Waals surface area contributed by atoms with Crippen LogP contribution in [0.2, 0.25) is 0 Å². The largest absolute Gasteiger partial charge is 0.444 e. The SMILES string of the molecule is C[C@@H]1CCN(C(=O)OC(C)(C)C)CC[C@H]1NC1CCN(CC2CC2)CC1. The van der Waals surface area contributed by atoms with E-state index in [2.05, 4.69) is 17.1 Å². The van der Waals surface area contributed by atoms with Gasteiger partial charge in [-0.1, -0.05) is 6.92 Å². The molecule has 0 aromatic carbocycles. The average molecular weight is 366 g/mol. The van der Waals surface area contributed by atoms with Crippen LogP contribution >= 0.6 is 0 Å². The van der Waals surface area contributed by atoms with Crippen LogP contribution < -0.4 is 5.32 Å². The van der Waals surface area contributed by atoms with Crippen LogP contribution in [0.3, 0.4) is 0 Å². The van der Waals surface area contributed by atoms with Crippen molar-refractivity contribution < 1.29 is 9.53 Å². The van der Waals surface area contributed by atoms with Crippen molar-refractivity contribution in [3.05, 3.63) is 0 Å². The molecular weight excluding hydrogens is 326 g/mol. The highest BCUT2D eigenvalue weighted by molar-refractivity contribution is 5.68. The van der Waals surface area contributed by atoms with Crippen molar-refractivity contribution in [2.24, 2.45) is 11.8 Å². The molecule has 1 N–H and O–H groups in total. The minimum Gasteiger partial charge on any atom is -0.444 e. The van der Waals surface area contributed by atoms with E-state index >= 15 is 0 Å². The van der Waals surface area contributed by atoms with Crippen molar-refractivity contribution in [1.29, 1.82) is 0 Å². The predicted molar refractivity (Wildman–Crippen MR) is 105 cm³/mol. The molecular formula is C21H39N3O2. The van der Waals surface area contributed by atoms with Crippen LogP contribution in [0, 0.1) is 11.8 Å². The van der Waals surface area contributed by atoms with Crippen LogP contribution in [0.1, 0.15) is 66.2 Å². The Morgan fingerprint density at radius 3 is 2.27 bits per heavy atom. The summed E-state index contributed by atoms with van der Waals surface area (Å²) in [6.07, 6.45) is 7.37. The fraction of sp³-hybridized carbons (Fsp3) is 0.952. The maximum absolute atomic E-state index is 12.4. The van der Waals surface area contributed by atoms with Crippen molar-refractivity contribution >= 4 is 6.09 Å². The minimum atomic E-state index is -0.416. The summed E-state index contributed by atoms with van der Waals surface area (Å²) in [4.78, 5) is 16.9. The van der Waals surface area contributed by atoms with Crippen LogP contribution in [-0.2, 0) is 4.74 Å². The number of piperidine rings is 1. The summed E-state index contributed by atoms with van der Waals surface area (Å²) < 4.78 is 5.56. The van der Waals surface area contributed by atoms with Gasteiger partial charge in [0.15, 0.2) is 0 Å². The van der Waals surface area contributed by atoms with E-state index in [1.807, 2.05) is 25.7 Å². The third kappa shape index (κ3) is 6.12. The molecule has 0 unspecified atom stereocenters. The fourth-order valence-corrected chi connectivity index (χ4v) is 4.26. The van der Waals surface area contributed by atoms with Crippen LogP contribution in [0.25, 0.3) is 0 Å². The summed E-state index contributed by atoms with van der Waals surface area (Å²) >= 11 is 0. The highest BCUT2D eigenvalue weighted by atomic mass is 16.6. The van der Waals surface area contributed by atoms with Crippen LogP contribution in [-0.4, -0.2) is 66.3 Å². The number of hydrogen-bond donors (Lipinski definition) is 1. The Bertz CT molecular complexity index is 464. The third-order valence-electron chi connectivity index (χ3n) is 6.15. The molecule has 3 rings (SSSR count). The molecule has 150 valence electrons. The Hall–Kier alpha value is -0.810. The smallest absolute Gasteiger partial charge is 0.410 e. The lowest BCUT2D eigenvalue weighted by molar-refractivity contribution is 0.0255. The van der Waals surface area contributed by atoms with Crippen molar-refractivity contribution in [3.63, 3.8) is 0 Å². The summed E-state index contributed by atoms with van der Waals surface area (Å²) in [5.74, 6) is 1.60. The zero-order valence-electron chi connectivity index (χ0n) is 17.3. The van der Waals surface area contributed by atoms with E-state index in [0.717, 1.165) is 31.8 Å². The van der Waals surface area contributed by atoms with Crippen molar-refractivity contribution in [2.75, 3.05) is 32.7 Å². The second kappa shape index (κ2) is 8.47. The monoisotopic (exact) mass is 365 g/mol. The Balaban J connectivity index is 1.43. The fourth-order valence-electron chi connectivity index (χ4n) is 4.26. The molecule has 1 amide bonds. The topological polar surface area (TPSA) is 44.8 Å². The van der Waals surface area contributed by atoms with Gasteiger partial charge in [-0.2, -0.15) is 0 Å². The number of rotatable bonds is 4. The summed E-state index contributed by atoms with van der Waals surface area (Å²) in [6.45, 7) is 13.6. The number of amides is 1. The summed E-state index contributed by atoms with van der Waals surface area (Å²) in [5, 5.41) is 3.94.